The lowest BCUT2D eigenvalue weighted by Gasteiger charge is -2.35. The molecular weight excluding hydrogens is 398 g/mol. The molecule has 32 heavy (non-hydrogen) atoms. The van der Waals surface area contributed by atoms with Crippen LogP contribution < -0.4 is 0 Å². The number of hydrogen-bond acceptors (Lipinski definition) is 4. The van der Waals surface area contributed by atoms with Crippen molar-refractivity contribution in [3.05, 3.63) is 64.1 Å². The van der Waals surface area contributed by atoms with Gasteiger partial charge in [0.25, 0.3) is 0 Å². The number of nitrogens with zero attached hydrogens (tertiary/aromatic N) is 5. The second kappa shape index (κ2) is 9.41. The Morgan fingerprint density at radius 2 is 1.72 bits per heavy atom. The van der Waals surface area contributed by atoms with E-state index in [4.69, 9.17) is 0 Å². The summed E-state index contributed by atoms with van der Waals surface area (Å²) < 4.78 is 1.90. The fourth-order valence-corrected chi connectivity index (χ4v) is 4.61. The van der Waals surface area contributed by atoms with Crippen molar-refractivity contribution in [1.29, 1.82) is 0 Å². The van der Waals surface area contributed by atoms with Gasteiger partial charge in [0.05, 0.1) is 5.69 Å². The van der Waals surface area contributed by atoms with Gasteiger partial charge in [0, 0.05) is 56.6 Å². The van der Waals surface area contributed by atoms with Crippen molar-refractivity contribution >= 4 is 11.6 Å². The molecule has 0 bridgehead atoms. The zero-order valence-electron chi connectivity index (χ0n) is 20.1. The van der Waals surface area contributed by atoms with Crippen LogP contribution in [0.3, 0.4) is 0 Å². The molecule has 1 saturated heterocycles. The predicted octanol–water partition coefficient (Wildman–Crippen LogP) is 4.05. The minimum Gasteiger partial charge on any atom is -0.340 e. The molecule has 3 aromatic rings. The van der Waals surface area contributed by atoms with E-state index in [1.807, 2.05) is 29.3 Å². The quantitative estimate of drug-likeness (QED) is 0.588. The van der Waals surface area contributed by atoms with Gasteiger partial charge in [-0.3, -0.25) is 9.69 Å². The molecule has 3 heterocycles. The maximum absolute atomic E-state index is 12.9. The molecule has 6 nitrogen and oxygen atoms in total. The predicted molar refractivity (Wildman–Crippen MR) is 128 cm³/mol. The first-order chi connectivity index (χ1) is 15.3. The topological polar surface area (TPSA) is 53.7 Å². The van der Waals surface area contributed by atoms with Crippen molar-refractivity contribution in [3.63, 3.8) is 0 Å². The standard InChI is InChI=1S/C26H35N5O/c1-18(2)23-8-6-22(7-9-23)17-29-12-14-30(15-13-29)26(32)11-10-24-20(4)27-25-16-19(3)28-31(25)21(24)5/h6-9,16,18H,10-15,17H2,1-5H3. The van der Waals surface area contributed by atoms with E-state index >= 15 is 0 Å². The summed E-state index contributed by atoms with van der Waals surface area (Å²) in [5, 5.41) is 4.54. The molecule has 0 unspecified atom stereocenters. The highest BCUT2D eigenvalue weighted by Gasteiger charge is 2.22. The van der Waals surface area contributed by atoms with E-state index in [-0.39, 0.29) is 5.91 Å². The summed E-state index contributed by atoms with van der Waals surface area (Å²) >= 11 is 0. The van der Waals surface area contributed by atoms with Crippen LogP contribution in [0.2, 0.25) is 0 Å². The van der Waals surface area contributed by atoms with Crippen LogP contribution in [0.25, 0.3) is 5.65 Å². The second-order valence-electron chi connectivity index (χ2n) is 9.37. The van der Waals surface area contributed by atoms with Crippen LogP contribution in [0.15, 0.2) is 30.3 Å². The van der Waals surface area contributed by atoms with E-state index < -0.39 is 0 Å². The lowest BCUT2D eigenvalue weighted by molar-refractivity contribution is -0.133. The summed E-state index contributed by atoms with van der Waals surface area (Å²) in [6.45, 7) is 14.9. The summed E-state index contributed by atoms with van der Waals surface area (Å²) in [5.41, 5.74) is 7.78. The number of hydrogen-bond donors (Lipinski definition) is 0. The fraction of sp³-hybridized carbons (Fsp3) is 0.500. The molecule has 4 rings (SSSR count). The molecule has 2 aromatic heterocycles. The van der Waals surface area contributed by atoms with Crippen LogP contribution in [-0.4, -0.2) is 56.5 Å². The van der Waals surface area contributed by atoms with Gasteiger partial charge in [-0.25, -0.2) is 9.50 Å². The number of benzene rings is 1. The summed E-state index contributed by atoms with van der Waals surface area (Å²) in [6, 6.07) is 10.9. The smallest absolute Gasteiger partial charge is 0.222 e. The molecule has 0 aliphatic carbocycles. The van der Waals surface area contributed by atoms with Gasteiger partial charge in [-0.2, -0.15) is 5.10 Å². The van der Waals surface area contributed by atoms with Crippen LogP contribution in [0, 0.1) is 20.8 Å². The number of rotatable bonds is 6. The van der Waals surface area contributed by atoms with E-state index in [1.165, 1.54) is 11.1 Å². The molecule has 0 atom stereocenters. The first-order valence-electron chi connectivity index (χ1n) is 11.7. The second-order valence-corrected chi connectivity index (χ2v) is 9.37. The lowest BCUT2D eigenvalue weighted by atomic mass is 10.0. The Morgan fingerprint density at radius 1 is 1.03 bits per heavy atom. The van der Waals surface area contributed by atoms with Gasteiger partial charge in [0.2, 0.25) is 5.91 Å². The highest BCUT2D eigenvalue weighted by Crippen LogP contribution is 2.19. The zero-order chi connectivity index (χ0) is 22.8. The Balaban J connectivity index is 1.30. The number of piperazine rings is 1. The summed E-state index contributed by atoms with van der Waals surface area (Å²) in [6.07, 6.45) is 1.23. The average molecular weight is 434 g/mol. The van der Waals surface area contributed by atoms with Crippen LogP contribution in [0.1, 0.15) is 60.0 Å². The minimum atomic E-state index is 0.237. The lowest BCUT2D eigenvalue weighted by Crippen LogP contribution is -2.48. The summed E-state index contributed by atoms with van der Waals surface area (Å²) in [7, 11) is 0. The third-order valence-corrected chi connectivity index (χ3v) is 6.65. The number of carbonyl (C=O) groups is 1. The van der Waals surface area contributed by atoms with Crippen molar-refractivity contribution in [2.75, 3.05) is 26.2 Å². The van der Waals surface area contributed by atoms with Gasteiger partial charge >= 0.3 is 0 Å². The molecule has 1 aliphatic heterocycles. The van der Waals surface area contributed by atoms with Crippen molar-refractivity contribution < 1.29 is 4.79 Å². The Kier molecular flexibility index (Phi) is 6.60. The molecule has 1 aromatic carbocycles. The van der Waals surface area contributed by atoms with Crippen LogP contribution in [0.5, 0.6) is 0 Å². The molecule has 170 valence electrons. The van der Waals surface area contributed by atoms with Crippen LogP contribution in [-0.2, 0) is 17.8 Å². The Morgan fingerprint density at radius 3 is 2.38 bits per heavy atom. The normalized spacial score (nSPS) is 15.1. The van der Waals surface area contributed by atoms with Gasteiger partial charge in [-0.05, 0) is 49.8 Å². The molecule has 0 radical (unpaired) electrons. The molecule has 0 N–H and O–H groups in total. The third-order valence-electron chi connectivity index (χ3n) is 6.65. The van der Waals surface area contributed by atoms with E-state index in [0.717, 1.165) is 61.0 Å². The molecule has 6 heteroatoms. The maximum Gasteiger partial charge on any atom is 0.222 e. The van der Waals surface area contributed by atoms with Gasteiger partial charge in [-0.1, -0.05) is 38.1 Å². The first kappa shape index (κ1) is 22.5. The number of carbonyl (C=O) groups excluding carboxylic acids is 1. The monoisotopic (exact) mass is 433 g/mol. The van der Waals surface area contributed by atoms with Gasteiger partial charge in [0.1, 0.15) is 0 Å². The molecule has 0 spiro atoms. The summed E-state index contributed by atoms with van der Waals surface area (Å²) in [4.78, 5) is 22.0. The Bertz CT molecular complexity index is 1090. The molecule has 0 saturated carbocycles. The largest absolute Gasteiger partial charge is 0.340 e. The Hall–Kier alpha value is -2.73. The van der Waals surface area contributed by atoms with Crippen molar-refractivity contribution in [3.8, 4) is 0 Å². The average Bonchev–Trinajstić information content (AvgIpc) is 3.14. The van der Waals surface area contributed by atoms with Gasteiger partial charge in [-0.15, -0.1) is 0 Å². The highest BCUT2D eigenvalue weighted by molar-refractivity contribution is 5.76. The molecular formula is C26H35N5O. The number of fused-ring (bicyclic) bond motifs is 1. The molecule has 1 fully saturated rings. The molecule has 1 aliphatic rings. The highest BCUT2D eigenvalue weighted by atomic mass is 16.2. The van der Waals surface area contributed by atoms with Crippen molar-refractivity contribution in [1.82, 2.24) is 24.4 Å². The van der Waals surface area contributed by atoms with Crippen molar-refractivity contribution in [2.24, 2.45) is 0 Å². The maximum atomic E-state index is 12.9. The van der Waals surface area contributed by atoms with E-state index in [0.29, 0.717) is 18.8 Å². The number of aromatic nitrogens is 3. The van der Waals surface area contributed by atoms with Gasteiger partial charge in [0.15, 0.2) is 5.65 Å². The number of aryl methyl sites for hydroxylation is 3. The minimum absolute atomic E-state index is 0.237. The molecule has 1 amide bonds. The van der Waals surface area contributed by atoms with Crippen LogP contribution >= 0.6 is 0 Å². The fourth-order valence-electron chi connectivity index (χ4n) is 4.61. The summed E-state index contributed by atoms with van der Waals surface area (Å²) in [5.74, 6) is 0.800. The Labute approximate surface area is 191 Å². The van der Waals surface area contributed by atoms with Crippen LogP contribution in [0.4, 0.5) is 0 Å². The number of amides is 1. The van der Waals surface area contributed by atoms with E-state index in [2.05, 4.69) is 60.0 Å². The first-order valence-corrected chi connectivity index (χ1v) is 11.7. The van der Waals surface area contributed by atoms with Crippen molar-refractivity contribution in [2.45, 2.75) is 59.9 Å². The van der Waals surface area contributed by atoms with E-state index in [9.17, 15) is 4.79 Å². The zero-order valence-corrected chi connectivity index (χ0v) is 20.1. The SMILES string of the molecule is Cc1cc2nc(C)c(CCC(=O)N3CCN(Cc4ccc(C(C)C)cc4)CC3)c(C)n2n1. The third kappa shape index (κ3) is 4.85. The van der Waals surface area contributed by atoms with Gasteiger partial charge < -0.3 is 4.90 Å². The van der Waals surface area contributed by atoms with E-state index in [1.54, 1.807) is 0 Å².